The summed E-state index contributed by atoms with van der Waals surface area (Å²) >= 11 is 0. The summed E-state index contributed by atoms with van der Waals surface area (Å²) in [7, 11) is 0. The molecule has 8 aromatic rings. The van der Waals surface area contributed by atoms with Crippen molar-refractivity contribution < 1.29 is 0 Å². The fourth-order valence-electron chi connectivity index (χ4n) is 6.83. The zero-order valence-electron chi connectivity index (χ0n) is 24.7. The summed E-state index contributed by atoms with van der Waals surface area (Å²) in [5.41, 5.74) is 12.2. The third-order valence-electron chi connectivity index (χ3n) is 8.87. The van der Waals surface area contributed by atoms with Gasteiger partial charge in [0.25, 0.3) is 0 Å². The van der Waals surface area contributed by atoms with Crippen LogP contribution >= 0.6 is 0 Å². The minimum Gasteiger partial charge on any atom is -0.309 e. The number of allylic oxidation sites excluding steroid dienone is 3. The first-order valence-corrected chi connectivity index (χ1v) is 15.3. The number of benzene rings is 6. The Hall–Kier alpha value is -5.60. The average molecular weight is 565 g/mol. The van der Waals surface area contributed by atoms with Crippen LogP contribution in [-0.4, -0.2) is 9.13 Å². The lowest BCUT2D eigenvalue weighted by Crippen LogP contribution is -1.93. The zero-order valence-corrected chi connectivity index (χ0v) is 24.7. The minimum absolute atomic E-state index is 0.955. The highest BCUT2D eigenvalue weighted by Crippen LogP contribution is 2.39. The molecule has 0 N–H and O–H groups in total. The number of nitrogens with zero attached hydrogens (tertiary/aromatic N) is 2. The molecule has 0 atom stereocenters. The molecule has 210 valence electrons. The SMILES string of the molecule is C=C/C=C(\CC)c1ccc2c(c1)c1cc(-c3ccc4c(c3)c3ccccc3n4-c3ccccc3)ccc1n2-c1ccccc1. The highest BCUT2D eigenvalue weighted by Gasteiger charge is 2.16. The highest BCUT2D eigenvalue weighted by atomic mass is 15.0. The Morgan fingerprint density at radius 1 is 0.523 bits per heavy atom. The molecule has 44 heavy (non-hydrogen) atoms. The Morgan fingerprint density at radius 2 is 1.00 bits per heavy atom. The number of hydrogen-bond donors (Lipinski definition) is 0. The Morgan fingerprint density at radius 3 is 1.57 bits per heavy atom. The predicted molar refractivity (Wildman–Crippen MR) is 189 cm³/mol. The summed E-state index contributed by atoms with van der Waals surface area (Å²) in [5, 5.41) is 5.04. The molecular weight excluding hydrogens is 532 g/mol. The molecule has 8 rings (SSSR count). The molecule has 0 aliphatic rings. The van der Waals surface area contributed by atoms with Gasteiger partial charge in [0.15, 0.2) is 0 Å². The van der Waals surface area contributed by atoms with Gasteiger partial charge in [-0.3, -0.25) is 0 Å². The summed E-state index contributed by atoms with van der Waals surface area (Å²) in [5.74, 6) is 0. The molecule has 0 radical (unpaired) electrons. The summed E-state index contributed by atoms with van der Waals surface area (Å²) in [6.45, 7) is 6.16. The maximum Gasteiger partial charge on any atom is 0.0541 e. The van der Waals surface area contributed by atoms with Crippen LogP contribution in [0.4, 0.5) is 0 Å². The van der Waals surface area contributed by atoms with Crippen molar-refractivity contribution in [1.29, 1.82) is 0 Å². The fourth-order valence-corrected chi connectivity index (χ4v) is 6.83. The highest BCUT2D eigenvalue weighted by molar-refractivity contribution is 6.13. The topological polar surface area (TPSA) is 9.86 Å². The zero-order chi connectivity index (χ0) is 29.6. The van der Waals surface area contributed by atoms with Gasteiger partial charge >= 0.3 is 0 Å². The van der Waals surface area contributed by atoms with E-state index in [0.29, 0.717) is 0 Å². The van der Waals surface area contributed by atoms with Crippen LogP contribution in [0, 0.1) is 0 Å². The van der Waals surface area contributed by atoms with Crippen LogP contribution in [0.5, 0.6) is 0 Å². The summed E-state index contributed by atoms with van der Waals surface area (Å²) in [6.07, 6.45) is 4.97. The Balaban J connectivity index is 1.37. The van der Waals surface area contributed by atoms with Gasteiger partial charge in [-0.25, -0.2) is 0 Å². The molecule has 0 fully saturated rings. The second-order valence-corrected chi connectivity index (χ2v) is 11.3. The standard InChI is InChI=1S/C42H32N2/c1-3-13-29(4-2)30-20-23-41-37(26-30)38-28-32(22-25-42(38)44(41)34-16-9-6-10-17-34)31-21-24-40-36(27-31)35-18-11-12-19-39(35)43(40)33-14-7-5-8-15-33/h3,5-28H,1,4H2,2H3/b29-13+. The number of hydrogen-bond acceptors (Lipinski definition) is 0. The van der Waals surface area contributed by atoms with Gasteiger partial charge in [0, 0.05) is 32.9 Å². The van der Waals surface area contributed by atoms with E-state index in [1.807, 2.05) is 6.08 Å². The van der Waals surface area contributed by atoms with E-state index in [9.17, 15) is 0 Å². The van der Waals surface area contributed by atoms with E-state index in [1.54, 1.807) is 0 Å². The molecule has 6 aromatic carbocycles. The largest absolute Gasteiger partial charge is 0.309 e. The monoisotopic (exact) mass is 564 g/mol. The molecule has 0 unspecified atom stereocenters. The van der Waals surface area contributed by atoms with E-state index in [1.165, 1.54) is 77.2 Å². The first-order valence-electron chi connectivity index (χ1n) is 15.3. The van der Waals surface area contributed by atoms with Crippen LogP contribution in [-0.2, 0) is 0 Å². The van der Waals surface area contributed by atoms with E-state index in [4.69, 9.17) is 0 Å². The number of para-hydroxylation sites is 3. The molecule has 2 nitrogen and oxygen atoms in total. The van der Waals surface area contributed by atoms with Crippen LogP contribution in [0.1, 0.15) is 18.9 Å². The first kappa shape index (κ1) is 26.1. The van der Waals surface area contributed by atoms with E-state index in [-0.39, 0.29) is 0 Å². The van der Waals surface area contributed by atoms with Crippen molar-refractivity contribution in [2.24, 2.45) is 0 Å². The molecule has 0 bridgehead atoms. The first-order chi connectivity index (χ1) is 21.7. The normalized spacial score (nSPS) is 12.1. The molecule has 0 saturated carbocycles. The number of fused-ring (bicyclic) bond motifs is 6. The summed E-state index contributed by atoms with van der Waals surface area (Å²) < 4.78 is 4.76. The van der Waals surface area contributed by atoms with E-state index >= 15 is 0 Å². The van der Waals surface area contributed by atoms with Gasteiger partial charge in [-0.2, -0.15) is 0 Å². The van der Waals surface area contributed by atoms with Crippen LogP contribution in [0.15, 0.2) is 158 Å². The molecular formula is C42H32N2. The van der Waals surface area contributed by atoms with Gasteiger partial charge in [-0.1, -0.05) is 98.5 Å². The van der Waals surface area contributed by atoms with Crippen molar-refractivity contribution in [2.75, 3.05) is 0 Å². The molecule has 0 saturated heterocycles. The van der Waals surface area contributed by atoms with Gasteiger partial charge in [-0.05, 0) is 95.4 Å². The Bertz CT molecular complexity index is 2370. The van der Waals surface area contributed by atoms with E-state index in [0.717, 1.165) is 6.42 Å². The maximum atomic E-state index is 3.95. The Kier molecular flexibility index (Phi) is 6.27. The summed E-state index contributed by atoms with van der Waals surface area (Å²) in [4.78, 5) is 0. The van der Waals surface area contributed by atoms with Crippen molar-refractivity contribution in [1.82, 2.24) is 9.13 Å². The van der Waals surface area contributed by atoms with Crippen LogP contribution in [0.2, 0.25) is 0 Å². The smallest absolute Gasteiger partial charge is 0.0541 e. The van der Waals surface area contributed by atoms with Gasteiger partial charge in [0.2, 0.25) is 0 Å². The predicted octanol–water partition coefficient (Wildman–Crippen LogP) is 11.5. The van der Waals surface area contributed by atoms with Crippen molar-refractivity contribution >= 4 is 49.2 Å². The number of rotatable bonds is 6. The van der Waals surface area contributed by atoms with Gasteiger partial charge < -0.3 is 9.13 Å². The second-order valence-electron chi connectivity index (χ2n) is 11.3. The summed E-state index contributed by atoms with van der Waals surface area (Å²) in [6, 6.07) is 50.7. The molecule has 0 aliphatic carbocycles. The molecule has 0 spiro atoms. The lowest BCUT2D eigenvalue weighted by atomic mass is 9.98. The van der Waals surface area contributed by atoms with Gasteiger partial charge in [-0.15, -0.1) is 0 Å². The van der Waals surface area contributed by atoms with Crippen LogP contribution < -0.4 is 0 Å². The lowest BCUT2D eigenvalue weighted by Gasteiger charge is -2.09. The third kappa shape index (κ3) is 4.11. The van der Waals surface area contributed by atoms with E-state index in [2.05, 4.69) is 168 Å². The van der Waals surface area contributed by atoms with Crippen molar-refractivity contribution in [3.05, 3.63) is 164 Å². The van der Waals surface area contributed by atoms with Crippen LogP contribution in [0.25, 0.3) is 71.7 Å². The second kappa shape index (κ2) is 10.6. The molecule has 2 heterocycles. The van der Waals surface area contributed by atoms with Gasteiger partial charge in [0.05, 0.1) is 22.1 Å². The quantitative estimate of drug-likeness (QED) is 0.178. The molecule has 2 heteroatoms. The van der Waals surface area contributed by atoms with E-state index < -0.39 is 0 Å². The van der Waals surface area contributed by atoms with Gasteiger partial charge in [0.1, 0.15) is 0 Å². The van der Waals surface area contributed by atoms with Crippen molar-refractivity contribution in [2.45, 2.75) is 13.3 Å². The number of aromatic nitrogens is 2. The molecule has 2 aromatic heterocycles. The maximum absolute atomic E-state index is 3.95. The Labute approximate surface area is 257 Å². The molecule has 0 aliphatic heterocycles. The van der Waals surface area contributed by atoms with Crippen molar-refractivity contribution in [3.8, 4) is 22.5 Å². The fraction of sp³-hybridized carbons (Fsp3) is 0.0476. The average Bonchev–Trinajstić information content (AvgIpc) is 3.59. The lowest BCUT2D eigenvalue weighted by molar-refractivity contribution is 1.18. The minimum atomic E-state index is 0.955. The van der Waals surface area contributed by atoms with Crippen LogP contribution in [0.3, 0.4) is 0 Å². The third-order valence-corrected chi connectivity index (χ3v) is 8.87. The molecule has 0 amide bonds. The van der Waals surface area contributed by atoms with Crippen molar-refractivity contribution in [3.63, 3.8) is 0 Å².